The summed E-state index contributed by atoms with van der Waals surface area (Å²) in [5.74, 6) is -1.50. The summed E-state index contributed by atoms with van der Waals surface area (Å²) in [7, 11) is -3.64. The number of esters is 1. The van der Waals surface area contributed by atoms with Crippen molar-refractivity contribution in [2.75, 3.05) is 6.54 Å². The van der Waals surface area contributed by atoms with Gasteiger partial charge >= 0.3 is 12.0 Å². The summed E-state index contributed by atoms with van der Waals surface area (Å²) < 4.78 is 32.5. The van der Waals surface area contributed by atoms with Gasteiger partial charge < -0.3 is 10.1 Å². The lowest BCUT2D eigenvalue weighted by atomic mass is 9.96. The van der Waals surface area contributed by atoms with Crippen molar-refractivity contribution in [2.24, 2.45) is 0 Å². The van der Waals surface area contributed by atoms with Crippen molar-refractivity contribution in [2.45, 2.75) is 88.3 Å². The number of carbonyl (C=O) groups excluding carboxylic acids is 3. The molecular weight excluding hydrogens is 446 g/mol. The SMILES string of the molecule is CC(OC(=O)c1ccc(S(=O)(=O)N2CCCCC2C)cc1)C(=O)NC(=O)NC1CCCCC1. The number of carbonyl (C=O) groups is 3. The highest BCUT2D eigenvalue weighted by Gasteiger charge is 2.31. The first-order valence-corrected chi connectivity index (χ1v) is 13.1. The number of imide groups is 1. The molecule has 3 amide bonds. The van der Waals surface area contributed by atoms with E-state index in [1.54, 1.807) is 0 Å². The van der Waals surface area contributed by atoms with Gasteiger partial charge in [-0.25, -0.2) is 18.0 Å². The van der Waals surface area contributed by atoms with Gasteiger partial charge in [-0.15, -0.1) is 0 Å². The summed E-state index contributed by atoms with van der Waals surface area (Å²) in [6.07, 6.45) is 6.47. The minimum Gasteiger partial charge on any atom is -0.449 e. The van der Waals surface area contributed by atoms with Crippen molar-refractivity contribution in [3.05, 3.63) is 29.8 Å². The Morgan fingerprint density at radius 3 is 2.27 bits per heavy atom. The van der Waals surface area contributed by atoms with Crippen LogP contribution in [0.4, 0.5) is 4.79 Å². The van der Waals surface area contributed by atoms with Gasteiger partial charge in [0.05, 0.1) is 10.5 Å². The fraction of sp³-hybridized carbons (Fsp3) is 0.609. The summed E-state index contributed by atoms with van der Waals surface area (Å²) in [6, 6.07) is 4.85. The van der Waals surface area contributed by atoms with E-state index < -0.39 is 34.0 Å². The molecule has 2 fully saturated rings. The third-order valence-corrected chi connectivity index (χ3v) is 8.30. The first kappa shape index (κ1) is 25.2. The number of nitrogens with one attached hydrogen (secondary N) is 2. The predicted octanol–water partition coefficient (Wildman–Crippen LogP) is 2.95. The third kappa shape index (κ3) is 6.54. The Morgan fingerprint density at radius 1 is 1.00 bits per heavy atom. The Bertz CT molecular complexity index is 957. The minimum atomic E-state index is -3.64. The Balaban J connectivity index is 1.54. The third-order valence-electron chi connectivity index (χ3n) is 6.27. The van der Waals surface area contributed by atoms with Gasteiger partial charge in [0.15, 0.2) is 6.10 Å². The Morgan fingerprint density at radius 2 is 1.64 bits per heavy atom. The molecule has 3 rings (SSSR count). The molecule has 182 valence electrons. The fourth-order valence-corrected chi connectivity index (χ4v) is 5.99. The van der Waals surface area contributed by atoms with E-state index in [1.807, 2.05) is 6.92 Å². The molecule has 1 aromatic rings. The quantitative estimate of drug-likeness (QED) is 0.605. The highest BCUT2D eigenvalue weighted by atomic mass is 32.2. The van der Waals surface area contributed by atoms with Crippen LogP contribution < -0.4 is 10.6 Å². The first-order chi connectivity index (χ1) is 15.7. The predicted molar refractivity (Wildman–Crippen MR) is 122 cm³/mol. The van der Waals surface area contributed by atoms with Gasteiger partial charge in [0.1, 0.15) is 0 Å². The Labute approximate surface area is 195 Å². The summed E-state index contributed by atoms with van der Waals surface area (Å²) >= 11 is 0. The zero-order valence-electron chi connectivity index (χ0n) is 19.2. The molecule has 0 aromatic heterocycles. The highest BCUT2D eigenvalue weighted by molar-refractivity contribution is 7.89. The second kappa shape index (κ2) is 11.1. The second-order valence-electron chi connectivity index (χ2n) is 8.83. The Hall–Kier alpha value is -2.46. The van der Waals surface area contributed by atoms with Crippen LogP contribution in [-0.2, 0) is 19.6 Å². The van der Waals surface area contributed by atoms with Crippen molar-refractivity contribution in [3.63, 3.8) is 0 Å². The van der Waals surface area contributed by atoms with E-state index in [9.17, 15) is 22.8 Å². The standard InChI is InChI=1S/C23H33N3O6S/c1-16-8-6-7-15-26(16)33(30,31)20-13-11-18(12-14-20)22(28)32-17(2)21(27)25-23(29)24-19-9-4-3-5-10-19/h11-14,16-17,19H,3-10,15H2,1-2H3,(H2,24,25,27,29). The smallest absolute Gasteiger partial charge is 0.338 e. The summed E-state index contributed by atoms with van der Waals surface area (Å²) in [5.41, 5.74) is 0.118. The van der Waals surface area contributed by atoms with Gasteiger partial charge in [0.25, 0.3) is 5.91 Å². The van der Waals surface area contributed by atoms with Crippen LogP contribution in [0.3, 0.4) is 0 Å². The molecule has 2 unspecified atom stereocenters. The molecule has 10 heteroatoms. The van der Waals surface area contributed by atoms with Crippen LogP contribution in [0.1, 0.15) is 75.6 Å². The van der Waals surface area contributed by atoms with E-state index in [-0.39, 0.29) is 22.5 Å². The average molecular weight is 480 g/mol. The largest absolute Gasteiger partial charge is 0.449 e. The molecule has 1 heterocycles. The number of sulfonamides is 1. The first-order valence-electron chi connectivity index (χ1n) is 11.6. The van der Waals surface area contributed by atoms with Crippen molar-refractivity contribution >= 4 is 27.9 Å². The number of urea groups is 1. The lowest BCUT2D eigenvalue weighted by Gasteiger charge is -2.32. The van der Waals surface area contributed by atoms with Gasteiger partial charge in [0.2, 0.25) is 10.0 Å². The number of hydrogen-bond donors (Lipinski definition) is 2. The lowest BCUT2D eigenvalue weighted by Crippen LogP contribution is -2.48. The minimum absolute atomic E-state index is 0.0483. The van der Waals surface area contributed by atoms with Gasteiger partial charge in [-0.1, -0.05) is 25.7 Å². The number of nitrogens with zero attached hydrogens (tertiary/aromatic N) is 1. The number of amides is 3. The maximum atomic E-state index is 12.9. The van der Waals surface area contributed by atoms with Crippen LogP contribution in [0.25, 0.3) is 0 Å². The van der Waals surface area contributed by atoms with Crippen molar-refractivity contribution in [1.29, 1.82) is 0 Å². The van der Waals surface area contributed by atoms with Crippen molar-refractivity contribution < 1.29 is 27.5 Å². The number of piperidine rings is 1. The molecule has 0 bridgehead atoms. The van der Waals surface area contributed by atoms with Crippen LogP contribution in [0, 0.1) is 0 Å². The van der Waals surface area contributed by atoms with E-state index in [0.717, 1.165) is 51.4 Å². The highest BCUT2D eigenvalue weighted by Crippen LogP contribution is 2.25. The number of hydrogen-bond acceptors (Lipinski definition) is 6. The van der Waals surface area contributed by atoms with E-state index in [4.69, 9.17) is 4.74 Å². The maximum Gasteiger partial charge on any atom is 0.338 e. The van der Waals surface area contributed by atoms with Gasteiger partial charge in [-0.2, -0.15) is 4.31 Å². The zero-order valence-corrected chi connectivity index (χ0v) is 20.0. The lowest BCUT2D eigenvalue weighted by molar-refractivity contribution is -0.127. The molecule has 0 radical (unpaired) electrons. The second-order valence-corrected chi connectivity index (χ2v) is 10.7. The maximum absolute atomic E-state index is 12.9. The molecule has 1 aromatic carbocycles. The summed E-state index contributed by atoms with van der Waals surface area (Å²) in [5, 5.41) is 4.97. The number of benzene rings is 1. The van der Waals surface area contributed by atoms with Gasteiger partial charge in [0, 0.05) is 18.6 Å². The molecule has 2 aliphatic rings. The van der Waals surface area contributed by atoms with E-state index in [1.165, 1.54) is 35.5 Å². The molecule has 1 aliphatic heterocycles. The summed E-state index contributed by atoms with van der Waals surface area (Å²) in [4.78, 5) is 36.8. The van der Waals surface area contributed by atoms with Crippen LogP contribution in [-0.4, -0.2) is 55.4 Å². The molecule has 0 spiro atoms. The topological polar surface area (TPSA) is 122 Å². The molecule has 1 saturated carbocycles. The zero-order chi connectivity index (χ0) is 24.0. The van der Waals surface area contributed by atoms with E-state index in [2.05, 4.69) is 10.6 Å². The molecule has 33 heavy (non-hydrogen) atoms. The fourth-order valence-electron chi connectivity index (χ4n) is 4.29. The molecule has 1 saturated heterocycles. The van der Waals surface area contributed by atoms with Crippen LogP contribution in [0.15, 0.2) is 29.2 Å². The van der Waals surface area contributed by atoms with Crippen LogP contribution in [0.5, 0.6) is 0 Å². The van der Waals surface area contributed by atoms with Crippen LogP contribution >= 0.6 is 0 Å². The van der Waals surface area contributed by atoms with Crippen molar-refractivity contribution in [3.8, 4) is 0 Å². The molecule has 2 atom stereocenters. The monoisotopic (exact) mass is 479 g/mol. The normalized spacial score (nSPS) is 21.1. The van der Waals surface area contributed by atoms with Crippen LogP contribution in [0.2, 0.25) is 0 Å². The molecule has 9 nitrogen and oxygen atoms in total. The molecule has 2 N–H and O–H groups in total. The van der Waals surface area contributed by atoms with E-state index in [0.29, 0.717) is 6.54 Å². The molecule has 1 aliphatic carbocycles. The molecular formula is C23H33N3O6S. The average Bonchev–Trinajstić information content (AvgIpc) is 2.79. The van der Waals surface area contributed by atoms with E-state index >= 15 is 0 Å². The Kier molecular flexibility index (Phi) is 8.47. The summed E-state index contributed by atoms with van der Waals surface area (Å²) in [6.45, 7) is 3.75. The van der Waals surface area contributed by atoms with Crippen molar-refractivity contribution in [1.82, 2.24) is 14.9 Å². The number of rotatable bonds is 6. The number of ether oxygens (including phenoxy) is 1. The van der Waals surface area contributed by atoms with Gasteiger partial charge in [-0.05, 0) is 63.8 Å². The van der Waals surface area contributed by atoms with Gasteiger partial charge in [-0.3, -0.25) is 10.1 Å².